The minimum absolute atomic E-state index is 0.0870. The molecule has 2 heterocycles. The fourth-order valence-corrected chi connectivity index (χ4v) is 2.94. The summed E-state index contributed by atoms with van der Waals surface area (Å²) in [5.41, 5.74) is -1.55. The molecule has 0 aliphatic carbocycles. The number of nitrogens with zero attached hydrogens (tertiary/aromatic N) is 3. The highest BCUT2D eigenvalue weighted by molar-refractivity contribution is 5.93. The molecule has 1 aliphatic heterocycles. The van der Waals surface area contributed by atoms with Gasteiger partial charge in [-0.3, -0.25) is 0 Å². The molecule has 1 atom stereocenters. The van der Waals surface area contributed by atoms with Crippen molar-refractivity contribution in [2.75, 3.05) is 26.1 Å². The Labute approximate surface area is 157 Å². The van der Waals surface area contributed by atoms with Gasteiger partial charge in [-0.05, 0) is 24.6 Å². The van der Waals surface area contributed by atoms with Crippen molar-refractivity contribution >= 4 is 11.9 Å². The molecule has 0 saturated heterocycles. The molecule has 1 N–H and O–H groups in total. The summed E-state index contributed by atoms with van der Waals surface area (Å²) in [4.78, 5) is 16.3. The number of allylic oxidation sites excluding steroid dienone is 1. The van der Waals surface area contributed by atoms with Crippen LogP contribution in [0.3, 0.4) is 0 Å². The van der Waals surface area contributed by atoms with Crippen LogP contribution in [0.5, 0.6) is 11.5 Å². The van der Waals surface area contributed by atoms with Crippen LogP contribution in [0, 0.1) is 0 Å². The third-order valence-corrected chi connectivity index (χ3v) is 4.10. The lowest BCUT2D eigenvalue weighted by atomic mass is 9.94. The number of aromatic nitrogens is 3. The Kier molecular flexibility index (Phi) is 5.16. The van der Waals surface area contributed by atoms with Crippen molar-refractivity contribution in [2.45, 2.75) is 19.1 Å². The van der Waals surface area contributed by atoms with Gasteiger partial charge in [-0.1, -0.05) is 6.07 Å². The van der Waals surface area contributed by atoms with Crippen molar-refractivity contribution in [1.29, 1.82) is 0 Å². The van der Waals surface area contributed by atoms with Gasteiger partial charge in [0.2, 0.25) is 5.95 Å². The molecule has 0 spiro atoms. The lowest BCUT2D eigenvalue weighted by Gasteiger charge is -2.30. The van der Waals surface area contributed by atoms with E-state index in [4.69, 9.17) is 14.2 Å². The second-order valence-electron chi connectivity index (χ2n) is 5.68. The zero-order valence-corrected chi connectivity index (χ0v) is 15.2. The molecule has 1 aromatic carbocycles. The van der Waals surface area contributed by atoms with E-state index < -0.39 is 29.5 Å². The second-order valence-corrected chi connectivity index (χ2v) is 5.68. The molecular formula is C17H17F3N4O4. The number of benzene rings is 1. The molecule has 1 aliphatic rings. The summed E-state index contributed by atoms with van der Waals surface area (Å²) in [6, 6.07) is 3.31. The van der Waals surface area contributed by atoms with Gasteiger partial charge in [-0.2, -0.15) is 23.3 Å². The molecule has 2 aromatic rings. The molecule has 28 heavy (non-hydrogen) atoms. The molecule has 150 valence electrons. The number of alkyl halides is 3. The van der Waals surface area contributed by atoms with E-state index >= 15 is 0 Å². The lowest BCUT2D eigenvalue weighted by molar-refractivity contribution is -0.140. The topological polar surface area (TPSA) is 87.5 Å². The van der Waals surface area contributed by atoms with Gasteiger partial charge in [-0.25, -0.2) is 9.48 Å². The number of halogens is 3. The van der Waals surface area contributed by atoms with Crippen molar-refractivity contribution in [3.05, 3.63) is 41.4 Å². The summed E-state index contributed by atoms with van der Waals surface area (Å²) < 4.78 is 57.6. The van der Waals surface area contributed by atoms with E-state index in [1.807, 2.05) is 0 Å². The number of carbonyl (C=O) groups excluding carboxylic acids is 1. The van der Waals surface area contributed by atoms with Crippen LogP contribution in [0.1, 0.15) is 18.5 Å². The highest BCUT2D eigenvalue weighted by Crippen LogP contribution is 2.42. The first-order valence-corrected chi connectivity index (χ1v) is 8.18. The number of rotatable bonds is 5. The van der Waals surface area contributed by atoms with Gasteiger partial charge in [0.1, 0.15) is 18.1 Å². The summed E-state index contributed by atoms with van der Waals surface area (Å²) in [5.74, 6) is -0.586. The quantitative estimate of drug-likeness (QED) is 0.775. The highest BCUT2D eigenvalue weighted by Gasteiger charge is 2.46. The molecular weight excluding hydrogens is 381 g/mol. The minimum Gasteiger partial charge on any atom is -0.493 e. The Bertz CT molecular complexity index is 923. The number of nitrogens with one attached hydrogen (secondary N) is 1. The fourth-order valence-electron chi connectivity index (χ4n) is 2.94. The minimum atomic E-state index is -4.84. The standard InChI is InChI=1S/C17H17F3N4O4/c1-4-28-15(25)12-13(9-5-6-10(26-2)11(7-9)27-3)24-16(21-8-22-24)23-14(12)17(18,19)20/h5-8,13H,4H2,1-3H3,(H,21,22,23)/t13-/m0/s1. The molecule has 0 bridgehead atoms. The Morgan fingerprint density at radius 1 is 1.25 bits per heavy atom. The van der Waals surface area contributed by atoms with Crippen LogP contribution in [-0.2, 0) is 9.53 Å². The molecule has 0 amide bonds. The number of carbonyl (C=O) groups is 1. The summed E-state index contributed by atoms with van der Waals surface area (Å²) >= 11 is 0. The highest BCUT2D eigenvalue weighted by atomic mass is 19.4. The zero-order chi connectivity index (χ0) is 20.5. The van der Waals surface area contributed by atoms with Crippen molar-refractivity contribution in [1.82, 2.24) is 14.8 Å². The first kappa shape index (κ1) is 19.5. The van der Waals surface area contributed by atoms with Gasteiger partial charge in [0, 0.05) is 0 Å². The predicted octanol–water partition coefficient (Wildman–Crippen LogP) is 2.69. The van der Waals surface area contributed by atoms with Gasteiger partial charge in [0.25, 0.3) is 0 Å². The van der Waals surface area contributed by atoms with Crippen LogP contribution in [0.4, 0.5) is 19.1 Å². The first-order valence-electron chi connectivity index (χ1n) is 8.18. The summed E-state index contributed by atoms with van der Waals surface area (Å²) in [6.45, 7) is 1.42. The maximum atomic E-state index is 13.7. The molecule has 0 unspecified atom stereocenters. The maximum Gasteiger partial charge on any atom is 0.431 e. The number of hydrogen-bond donors (Lipinski definition) is 1. The smallest absolute Gasteiger partial charge is 0.431 e. The normalized spacial score (nSPS) is 16.3. The zero-order valence-electron chi connectivity index (χ0n) is 15.2. The molecule has 11 heteroatoms. The SMILES string of the molecule is CCOC(=O)C1=C(C(F)(F)F)Nc2ncnn2[C@H]1c1ccc(OC)c(OC)c1. The van der Waals surface area contributed by atoms with Gasteiger partial charge in [0.15, 0.2) is 11.5 Å². The maximum absolute atomic E-state index is 13.7. The summed E-state index contributed by atoms with van der Waals surface area (Å²) in [6.07, 6.45) is -3.74. The van der Waals surface area contributed by atoms with Crippen LogP contribution in [-0.4, -0.2) is 47.7 Å². The van der Waals surface area contributed by atoms with E-state index in [2.05, 4.69) is 15.4 Å². The van der Waals surface area contributed by atoms with E-state index in [0.29, 0.717) is 11.3 Å². The predicted molar refractivity (Wildman–Crippen MR) is 91.0 cm³/mol. The number of esters is 1. The monoisotopic (exact) mass is 398 g/mol. The van der Waals surface area contributed by atoms with Gasteiger partial charge >= 0.3 is 12.1 Å². The number of hydrogen-bond acceptors (Lipinski definition) is 7. The number of methoxy groups -OCH3 is 2. The van der Waals surface area contributed by atoms with E-state index in [1.54, 1.807) is 0 Å². The molecule has 8 nitrogen and oxygen atoms in total. The number of fused-ring (bicyclic) bond motifs is 1. The average Bonchev–Trinajstić information content (AvgIpc) is 3.13. The van der Waals surface area contributed by atoms with E-state index in [0.717, 1.165) is 6.33 Å². The molecule has 0 saturated carbocycles. The number of ether oxygens (including phenoxy) is 3. The molecule has 0 fully saturated rings. The molecule has 3 rings (SSSR count). The van der Waals surface area contributed by atoms with E-state index in [9.17, 15) is 18.0 Å². The first-order chi connectivity index (χ1) is 13.3. The van der Waals surface area contributed by atoms with Crippen molar-refractivity contribution in [3.63, 3.8) is 0 Å². The van der Waals surface area contributed by atoms with Crippen molar-refractivity contribution < 1.29 is 32.2 Å². The summed E-state index contributed by atoms with van der Waals surface area (Å²) in [5, 5.41) is 6.13. The average molecular weight is 398 g/mol. The second kappa shape index (κ2) is 7.41. The van der Waals surface area contributed by atoms with Crippen LogP contribution in [0.2, 0.25) is 0 Å². The van der Waals surface area contributed by atoms with Gasteiger partial charge < -0.3 is 19.5 Å². The third kappa shape index (κ3) is 3.35. The van der Waals surface area contributed by atoms with Crippen molar-refractivity contribution in [2.24, 2.45) is 0 Å². The van der Waals surface area contributed by atoms with Gasteiger partial charge in [-0.15, -0.1) is 0 Å². The van der Waals surface area contributed by atoms with Crippen LogP contribution in [0.15, 0.2) is 35.8 Å². The van der Waals surface area contributed by atoms with Crippen LogP contribution >= 0.6 is 0 Å². The Morgan fingerprint density at radius 2 is 1.96 bits per heavy atom. The summed E-state index contributed by atoms with van der Waals surface area (Å²) in [7, 11) is 2.83. The Morgan fingerprint density at radius 3 is 2.57 bits per heavy atom. The number of anilines is 1. The fraction of sp³-hybridized carbons (Fsp3) is 0.353. The Balaban J connectivity index is 2.25. The van der Waals surface area contributed by atoms with Crippen LogP contribution in [0.25, 0.3) is 0 Å². The van der Waals surface area contributed by atoms with Gasteiger partial charge in [0.05, 0.1) is 26.4 Å². The third-order valence-electron chi connectivity index (χ3n) is 4.10. The molecule has 0 radical (unpaired) electrons. The lowest BCUT2D eigenvalue weighted by Crippen LogP contribution is -2.35. The molecule has 1 aromatic heterocycles. The largest absolute Gasteiger partial charge is 0.493 e. The Hall–Kier alpha value is -3.24. The van der Waals surface area contributed by atoms with E-state index in [1.165, 1.54) is 44.0 Å². The van der Waals surface area contributed by atoms with E-state index in [-0.39, 0.29) is 18.3 Å². The van der Waals surface area contributed by atoms with Crippen LogP contribution < -0.4 is 14.8 Å². The van der Waals surface area contributed by atoms with Crippen molar-refractivity contribution in [3.8, 4) is 11.5 Å².